The van der Waals surface area contributed by atoms with Gasteiger partial charge in [0.15, 0.2) is 0 Å². The molecule has 1 unspecified atom stereocenters. The normalized spacial score (nSPS) is 20.3. The van der Waals surface area contributed by atoms with E-state index in [4.69, 9.17) is 5.26 Å². The molecule has 3 rings (SSSR count). The third kappa shape index (κ3) is 3.59. The number of aromatic nitrogens is 1. The summed E-state index contributed by atoms with van der Waals surface area (Å²) >= 11 is 0. The van der Waals surface area contributed by atoms with E-state index < -0.39 is 0 Å². The first kappa shape index (κ1) is 17.2. The Kier molecular flexibility index (Phi) is 4.91. The van der Waals surface area contributed by atoms with E-state index in [1.807, 2.05) is 23.1 Å². The van der Waals surface area contributed by atoms with Crippen molar-refractivity contribution in [2.45, 2.75) is 19.3 Å². The van der Waals surface area contributed by atoms with Crippen molar-refractivity contribution < 1.29 is 9.90 Å². The van der Waals surface area contributed by atoms with Gasteiger partial charge in [0.25, 0.3) is 5.91 Å². The number of aliphatic hydroxyl groups excluding tert-OH is 1. The molecule has 5 heteroatoms. The number of carbonyl (C=O) groups is 1. The molecule has 1 aromatic heterocycles. The predicted molar refractivity (Wildman–Crippen MR) is 94.9 cm³/mol. The van der Waals surface area contributed by atoms with Crippen LogP contribution in [0.2, 0.25) is 0 Å². The molecule has 0 saturated carbocycles. The van der Waals surface area contributed by atoms with Crippen LogP contribution in [0.15, 0.2) is 42.6 Å². The summed E-state index contributed by atoms with van der Waals surface area (Å²) in [5.41, 5.74) is 1.88. The van der Waals surface area contributed by atoms with Crippen molar-refractivity contribution >= 4 is 5.91 Å². The molecular weight excluding hydrogens is 314 g/mol. The zero-order valence-electron chi connectivity index (χ0n) is 14.5. The molecule has 1 fully saturated rings. The number of likely N-dealkylation sites (tertiary alicyclic amines) is 1. The van der Waals surface area contributed by atoms with Gasteiger partial charge in [0.05, 0.1) is 12.2 Å². The molecule has 5 nitrogen and oxygen atoms in total. The average molecular weight is 337 g/mol. The maximum atomic E-state index is 12.9. The molecule has 1 N–H and O–H groups in total. The largest absolute Gasteiger partial charge is 0.396 e. The second kappa shape index (κ2) is 7.12. The number of piperidine rings is 1. The Morgan fingerprint density at radius 3 is 2.76 bits per heavy atom. The maximum absolute atomic E-state index is 12.9. The third-order valence-electron chi connectivity index (χ3n) is 5.06. The van der Waals surface area contributed by atoms with Crippen LogP contribution in [0.4, 0.5) is 0 Å². The van der Waals surface area contributed by atoms with Crippen LogP contribution in [0.1, 0.15) is 34.5 Å². The van der Waals surface area contributed by atoms with Crippen LogP contribution >= 0.6 is 0 Å². The van der Waals surface area contributed by atoms with E-state index in [9.17, 15) is 9.90 Å². The number of aliphatic hydroxyl groups is 1. The van der Waals surface area contributed by atoms with Gasteiger partial charge in [0.2, 0.25) is 0 Å². The van der Waals surface area contributed by atoms with Gasteiger partial charge in [-0.05, 0) is 30.9 Å². The summed E-state index contributed by atoms with van der Waals surface area (Å²) in [4.78, 5) is 14.7. The zero-order chi connectivity index (χ0) is 17.9. The van der Waals surface area contributed by atoms with Gasteiger partial charge in [-0.1, -0.05) is 30.3 Å². The highest BCUT2D eigenvalue weighted by Gasteiger charge is 2.37. The average Bonchev–Trinajstić information content (AvgIpc) is 3.03. The fourth-order valence-corrected chi connectivity index (χ4v) is 3.74. The van der Waals surface area contributed by atoms with Crippen molar-refractivity contribution in [1.29, 1.82) is 5.26 Å². The fraction of sp³-hybridized carbons (Fsp3) is 0.400. The standard InChI is InChI=1S/C20H23N3O2/c1-22-13-17(12-21)10-18(22)19(25)23-9-5-8-20(14-23,15-24)11-16-6-3-2-4-7-16/h2-4,6-7,10,13,24H,5,8-9,11,14-15H2,1H3. The number of nitrogens with zero attached hydrogens (tertiary/aromatic N) is 3. The summed E-state index contributed by atoms with van der Waals surface area (Å²) < 4.78 is 1.70. The lowest BCUT2D eigenvalue weighted by Gasteiger charge is -2.42. The quantitative estimate of drug-likeness (QED) is 0.931. The van der Waals surface area contributed by atoms with E-state index in [0.29, 0.717) is 24.3 Å². The van der Waals surface area contributed by atoms with E-state index in [2.05, 4.69) is 18.2 Å². The number of benzene rings is 1. The van der Waals surface area contributed by atoms with Crippen molar-refractivity contribution in [3.63, 3.8) is 0 Å². The smallest absolute Gasteiger partial charge is 0.270 e. The summed E-state index contributed by atoms with van der Waals surface area (Å²) in [6, 6.07) is 13.8. The highest BCUT2D eigenvalue weighted by atomic mass is 16.3. The van der Waals surface area contributed by atoms with Gasteiger partial charge < -0.3 is 14.6 Å². The second-order valence-electron chi connectivity index (χ2n) is 6.99. The molecule has 1 aliphatic heterocycles. The molecule has 1 saturated heterocycles. The molecule has 0 bridgehead atoms. The molecule has 2 aromatic rings. The monoisotopic (exact) mass is 337 g/mol. The molecule has 1 atom stereocenters. The Morgan fingerprint density at radius 2 is 2.12 bits per heavy atom. The minimum atomic E-state index is -0.307. The number of rotatable bonds is 4. The fourth-order valence-electron chi connectivity index (χ4n) is 3.74. The Hall–Kier alpha value is -2.58. The maximum Gasteiger partial charge on any atom is 0.270 e. The Bertz CT molecular complexity index is 791. The van der Waals surface area contributed by atoms with Crippen LogP contribution in [0.5, 0.6) is 0 Å². The van der Waals surface area contributed by atoms with Crippen LogP contribution < -0.4 is 0 Å². The van der Waals surface area contributed by atoms with Crippen molar-refractivity contribution in [1.82, 2.24) is 9.47 Å². The minimum absolute atomic E-state index is 0.0578. The molecule has 1 aliphatic rings. The van der Waals surface area contributed by atoms with Crippen molar-refractivity contribution in [3.05, 3.63) is 59.4 Å². The van der Waals surface area contributed by atoms with Crippen molar-refractivity contribution in [2.24, 2.45) is 12.5 Å². The molecule has 130 valence electrons. The van der Waals surface area contributed by atoms with Gasteiger partial charge in [0, 0.05) is 31.7 Å². The van der Waals surface area contributed by atoms with Gasteiger partial charge in [-0.25, -0.2) is 0 Å². The molecule has 0 spiro atoms. The molecule has 0 radical (unpaired) electrons. The van der Waals surface area contributed by atoms with E-state index in [-0.39, 0.29) is 17.9 Å². The molecular formula is C20H23N3O2. The first-order valence-corrected chi connectivity index (χ1v) is 8.57. The van der Waals surface area contributed by atoms with Gasteiger partial charge >= 0.3 is 0 Å². The molecule has 25 heavy (non-hydrogen) atoms. The number of nitriles is 1. The van der Waals surface area contributed by atoms with Crippen LogP contribution in [-0.4, -0.2) is 40.2 Å². The second-order valence-corrected chi connectivity index (χ2v) is 6.99. The van der Waals surface area contributed by atoms with Gasteiger partial charge in [-0.2, -0.15) is 5.26 Å². The van der Waals surface area contributed by atoms with Gasteiger partial charge in [-0.3, -0.25) is 4.79 Å². The molecule has 0 aliphatic carbocycles. The first-order valence-electron chi connectivity index (χ1n) is 8.57. The van der Waals surface area contributed by atoms with Crippen LogP contribution in [-0.2, 0) is 13.5 Å². The van der Waals surface area contributed by atoms with E-state index in [0.717, 1.165) is 19.3 Å². The Balaban J connectivity index is 1.80. The Morgan fingerprint density at radius 1 is 1.36 bits per heavy atom. The number of amides is 1. The predicted octanol–water partition coefficient (Wildman–Crippen LogP) is 2.35. The number of hydrogen-bond donors (Lipinski definition) is 1. The number of carbonyl (C=O) groups excluding carboxylic acids is 1. The van der Waals surface area contributed by atoms with Crippen LogP contribution in [0.25, 0.3) is 0 Å². The molecule has 1 amide bonds. The van der Waals surface area contributed by atoms with Crippen molar-refractivity contribution in [3.8, 4) is 6.07 Å². The lowest BCUT2D eigenvalue weighted by Crippen LogP contribution is -2.49. The summed E-state index contributed by atoms with van der Waals surface area (Å²) in [5, 5.41) is 19.1. The molecule has 1 aromatic carbocycles. The zero-order valence-corrected chi connectivity index (χ0v) is 14.5. The van der Waals surface area contributed by atoms with Crippen LogP contribution in [0, 0.1) is 16.7 Å². The van der Waals surface area contributed by atoms with Gasteiger partial charge in [0.1, 0.15) is 11.8 Å². The SMILES string of the molecule is Cn1cc(C#N)cc1C(=O)N1CCCC(CO)(Cc2ccccc2)C1. The highest BCUT2D eigenvalue weighted by Crippen LogP contribution is 2.34. The summed E-state index contributed by atoms with van der Waals surface area (Å²) in [7, 11) is 1.78. The summed E-state index contributed by atoms with van der Waals surface area (Å²) in [6.07, 6.45) is 4.19. The van der Waals surface area contributed by atoms with Crippen LogP contribution in [0.3, 0.4) is 0 Å². The topological polar surface area (TPSA) is 69.3 Å². The highest BCUT2D eigenvalue weighted by molar-refractivity contribution is 5.93. The minimum Gasteiger partial charge on any atom is -0.396 e. The summed E-state index contributed by atoms with van der Waals surface area (Å²) in [5.74, 6) is -0.0745. The van der Waals surface area contributed by atoms with E-state index in [1.165, 1.54) is 5.56 Å². The first-order chi connectivity index (χ1) is 12.1. The lowest BCUT2D eigenvalue weighted by molar-refractivity contribution is 0.0266. The lowest BCUT2D eigenvalue weighted by atomic mass is 9.75. The number of hydrogen-bond acceptors (Lipinski definition) is 3. The Labute approximate surface area is 148 Å². The summed E-state index contributed by atoms with van der Waals surface area (Å²) in [6.45, 7) is 1.27. The van der Waals surface area contributed by atoms with E-state index in [1.54, 1.807) is 23.9 Å². The van der Waals surface area contributed by atoms with Gasteiger partial charge in [-0.15, -0.1) is 0 Å². The molecule has 2 heterocycles. The van der Waals surface area contributed by atoms with E-state index >= 15 is 0 Å². The number of aryl methyl sites for hydroxylation is 1. The third-order valence-corrected chi connectivity index (χ3v) is 5.06. The van der Waals surface area contributed by atoms with Crippen molar-refractivity contribution in [2.75, 3.05) is 19.7 Å².